The number of amides is 1. The normalized spacial score (nSPS) is 10.8. The van der Waals surface area contributed by atoms with Crippen molar-refractivity contribution < 1.29 is 9.53 Å². The molecule has 5 nitrogen and oxygen atoms in total. The molecule has 1 aromatic heterocycles. The van der Waals surface area contributed by atoms with E-state index < -0.39 is 0 Å². The van der Waals surface area contributed by atoms with Crippen molar-refractivity contribution in [3.05, 3.63) is 59.8 Å². The van der Waals surface area contributed by atoms with E-state index in [0.717, 1.165) is 35.1 Å². The van der Waals surface area contributed by atoms with Gasteiger partial charge in [-0.15, -0.1) is 0 Å². The molecule has 0 saturated carbocycles. The van der Waals surface area contributed by atoms with Crippen molar-refractivity contribution in [2.75, 3.05) is 13.7 Å². The molecular weight excluding hydrogens is 314 g/mol. The van der Waals surface area contributed by atoms with E-state index in [4.69, 9.17) is 4.74 Å². The van der Waals surface area contributed by atoms with E-state index in [1.165, 1.54) is 0 Å². The number of nitrogens with zero attached hydrogens (tertiary/aromatic N) is 2. The van der Waals surface area contributed by atoms with Gasteiger partial charge in [0.25, 0.3) is 5.91 Å². The van der Waals surface area contributed by atoms with Gasteiger partial charge in [0.1, 0.15) is 5.75 Å². The molecule has 0 unspecified atom stereocenters. The van der Waals surface area contributed by atoms with E-state index in [9.17, 15) is 4.79 Å². The quantitative estimate of drug-likeness (QED) is 0.670. The van der Waals surface area contributed by atoms with Gasteiger partial charge in [0.05, 0.1) is 25.4 Å². The van der Waals surface area contributed by atoms with Gasteiger partial charge in [-0.05, 0) is 36.2 Å². The first kappa shape index (κ1) is 17.0. The van der Waals surface area contributed by atoms with Crippen LogP contribution in [0.5, 0.6) is 5.75 Å². The number of ether oxygens (including phenoxy) is 1. The topological polar surface area (TPSA) is 56.2 Å². The molecule has 0 bridgehead atoms. The summed E-state index contributed by atoms with van der Waals surface area (Å²) in [5.41, 5.74) is 2.71. The minimum absolute atomic E-state index is 0.0375. The van der Waals surface area contributed by atoms with Crippen molar-refractivity contribution in [2.45, 2.75) is 26.3 Å². The van der Waals surface area contributed by atoms with Crippen molar-refractivity contribution in [1.82, 2.24) is 15.1 Å². The molecule has 0 fully saturated rings. The third-order valence-corrected chi connectivity index (χ3v) is 4.19. The number of hydrogen-bond acceptors (Lipinski definition) is 3. The maximum Gasteiger partial charge on any atom is 0.251 e. The molecule has 0 aliphatic carbocycles. The minimum Gasteiger partial charge on any atom is -0.497 e. The van der Waals surface area contributed by atoms with Crippen LogP contribution < -0.4 is 10.1 Å². The maximum absolute atomic E-state index is 12.3. The molecule has 3 aromatic rings. The van der Waals surface area contributed by atoms with E-state index in [1.54, 1.807) is 7.11 Å². The Morgan fingerprint density at radius 2 is 2.12 bits per heavy atom. The lowest BCUT2D eigenvalue weighted by molar-refractivity contribution is 0.0953. The van der Waals surface area contributed by atoms with E-state index in [2.05, 4.69) is 17.3 Å². The monoisotopic (exact) mass is 337 g/mol. The van der Waals surface area contributed by atoms with Crippen molar-refractivity contribution in [3.8, 4) is 5.75 Å². The lowest BCUT2D eigenvalue weighted by Crippen LogP contribution is -2.24. The summed E-state index contributed by atoms with van der Waals surface area (Å²) in [7, 11) is 1.66. The maximum atomic E-state index is 12.3. The van der Waals surface area contributed by atoms with Crippen LogP contribution in [0.3, 0.4) is 0 Å². The zero-order valence-electron chi connectivity index (χ0n) is 14.7. The number of fused-ring (bicyclic) bond motifs is 1. The predicted molar refractivity (Wildman–Crippen MR) is 99.1 cm³/mol. The van der Waals surface area contributed by atoms with Crippen LogP contribution in [0.1, 0.15) is 35.7 Å². The first-order valence-corrected chi connectivity index (χ1v) is 8.58. The Morgan fingerprint density at radius 1 is 1.24 bits per heavy atom. The average molecular weight is 337 g/mol. The molecule has 25 heavy (non-hydrogen) atoms. The second-order valence-corrected chi connectivity index (χ2v) is 6.04. The molecule has 0 aliphatic heterocycles. The molecular formula is C20H23N3O2. The van der Waals surface area contributed by atoms with E-state index in [1.807, 2.05) is 53.3 Å². The summed E-state index contributed by atoms with van der Waals surface area (Å²) in [6.07, 6.45) is 3.88. The fourth-order valence-electron chi connectivity index (χ4n) is 2.76. The minimum atomic E-state index is -0.0375. The summed E-state index contributed by atoms with van der Waals surface area (Å²) in [6.45, 7) is 3.44. The zero-order valence-corrected chi connectivity index (χ0v) is 14.7. The Hall–Kier alpha value is -2.82. The largest absolute Gasteiger partial charge is 0.497 e. The van der Waals surface area contributed by atoms with E-state index in [0.29, 0.717) is 18.7 Å². The van der Waals surface area contributed by atoms with Gasteiger partial charge in [-0.1, -0.05) is 31.5 Å². The second kappa shape index (κ2) is 7.83. The first-order chi connectivity index (χ1) is 12.2. The van der Waals surface area contributed by atoms with Crippen molar-refractivity contribution in [1.29, 1.82) is 0 Å². The summed E-state index contributed by atoms with van der Waals surface area (Å²) < 4.78 is 7.19. The zero-order chi connectivity index (χ0) is 17.6. The first-order valence-electron chi connectivity index (χ1n) is 8.58. The lowest BCUT2D eigenvalue weighted by atomic mass is 10.1. The molecule has 1 N–H and O–H groups in total. The Balaban J connectivity index is 1.84. The summed E-state index contributed by atoms with van der Waals surface area (Å²) >= 11 is 0. The van der Waals surface area contributed by atoms with Gasteiger partial charge in [0.15, 0.2) is 0 Å². The fourth-order valence-corrected chi connectivity index (χ4v) is 2.76. The molecule has 0 atom stereocenters. The number of benzene rings is 2. The van der Waals surface area contributed by atoms with Crippen LogP contribution in [0.2, 0.25) is 0 Å². The molecule has 5 heteroatoms. The van der Waals surface area contributed by atoms with Gasteiger partial charge in [-0.3, -0.25) is 9.48 Å². The van der Waals surface area contributed by atoms with Gasteiger partial charge in [0.2, 0.25) is 0 Å². The highest BCUT2D eigenvalue weighted by molar-refractivity contribution is 5.97. The molecule has 2 aromatic carbocycles. The van der Waals surface area contributed by atoms with E-state index >= 15 is 0 Å². The van der Waals surface area contributed by atoms with Crippen LogP contribution in [-0.2, 0) is 6.54 Å². The van der Waals surface area contributed by atoms with Gasteiger partial charge in [0, 0.05) is 17.5 Å². The summed E-state index contributed by atoms with van der Waals surface area (Å²) in [6, 6.07) is 13.6. The second-order valence-electron chi connectivity index (χ2n) is 6.04. The van der Waals surface area contributed by atoms with Gasteiger partial charge in [-0.2, -0.15) is 5.10 Å². The number of hydrogen-bond donors (Lipinski definition) is 1. The third kappa shape index (κ3) is 3.99. The highest BCUT2D eigenvalue weighted by Gasteiger charge is 2.09. The van der Waals surface area contributed by atoms with Crippen molar-refractivity contribution >= 4 is 16.8 Å². The molecule has 0 saturated heterocycles. The molecule has 0 spiro atoms. The molecule has 0 aliphatic rings. The predicted octanol–water partition coefficient (Wildman–Crippen LogP) is 3.62. The van der Waals surface area contributed by atoms with Crippen LogP contribution in [0.15, 0.2) is 48.7 Å². The summed E-state index contributed by atoms with van der Waals surface area (Å²) in [4.78, 5) is 12.3. The molecule has 1 amide bonds. The number of aromatic nitrogens is 2. The molecule has 3 rings (SSSR count). The SMILES string of the molecule is CCCCNC(=O)c1ccc2cnn(Cc3cccc(OC)c3)c2c1. The Labute approximate surface area is 147 Å². The molecule has 1 heterocycles. The van der Waals surface area contributed by atoms with Crippen LogP contribution >= 0.6 is 0 Å². The number of rotatable bonds is 7. The summed E-state index contributed by atoms with van der Waals surface area (Å²) in [5.74, 6) is 0.787. The smallest absolute Gasteiger partial charge is 0.251 e. The molecule has 0 radical (unpaired) electrons. The summed E-state index contributed by atoms with van der Waals surface area (Å²) in [5, 5.41) is 8.44. The van der Waals surface area contributed by atoms with Crippen LogP contribution in [0, 0.1) is 0 Å². The average Bonchev–Trinajstić information content (AvgIpc) is 3.04. The van der Waals surface area contributed by atoms with Gasteiger partial charge < -0.3 is 10.1 Å². The van der Waals surface area contributed by atoms with Crippen LogP contribution in [-0.4, -0.2) is 29.3 Å². The van der Waals surface area contributed by atoms with Gasteiger partial charge >= 0.3 is 0 Å². The van der Waals surface area contributed by atoms with Gasteiger partial charge in [-0.25, -0.2) is 0 Å². The number of unbranched alkanes of at least 4 members (excludes halogenated alkanes) is 1. The lowest BCUT2D eigenvalue weighted by Gasteiger charge is -2.08. The standard InChI is InChI=1S/C20H23N3O2/c1-3-4-10-21-20(24)16-8-9-17-13-22-23(19(17)12-16)14-15-6-5-7-18(11-15)25-2/h5-9,11-13H,3-4,10,14H2,1-2H3,(H,21,24). The highest BCUT2D eigenvalue weighted by Crippen LogP contribution is 2.19. The fraction of sp³-hybridized carbons (Fsp3) is 0.300. The number of carbonyl (C=O) groups excluding carboxylic acids is 1. The van der Waals surface area contributed by atoms with Crippen LogP contribution in [0.25, 0.3) is 10.9 Å². The van der Waals surface area contributed by atoms with Crippen molar-refractivity contribution in [2.24, 2.45) is 0 Å². The Morgan fingerprint density at radius 3 is 2.92 bits per heavy atom. The number of carbonyl (C=O) groups is 1. The van der Waals surface area contributed by atoms with Crippen molar-refractivity contribution in [3.63, 3.8) is 0 Å². The number of methoxy groups -OCH3 is 1. The Kier molecular flexibility index (Phi) is 5.33. The Bertz CT molecular complexity index is 870. The van der Waals surface area contributed by atoms with Crippen LogP contribution in [0.4, 0.5) is 0 Å². The van der Waals surface area contributed by atoms with E-state index in [-0.39, 0.29) is 5.91 Å². The molecule has 130 valence electrons. The third-order valence-electron chi connectivity index (χ3n) is 4.19. The highest BCUT2D eigenvalue weighted by atomic mass is 16.5. The number of nitrogens with one attached hydrogen (secondary N) is 1.